The van der Waals surface area contributed by atoms with E-state index in [2.05, 4.69) is 20.8 Å². The summed E-state index contributed by atoms with van der Waals surface area (Å²) in [4.78, 5) is 37.0. The van der Waals surface area contributed by atoms with Gasteiger partial charge in [0.15, 0.2) is 5.82 Å². The van der Waals surface area contributed by atoms with Crippen molar-refractivity contribution in [2.24, 2.45) is 10.7 Å². The van der Waals surface area contributed by atoms with Gasteiger partial charge in [0.25, 0.3) is 5.56 Å². The van der Waals surface area contributed by atoms with Crippen LogP contribution in [0.1, 0.15) is 11.4 Å². The number of guanidine groups is 1. The molecule has 2 rings (SSSR count). The highest BCUT2D eigenvalue weighted by Crippen LogP contribution is 2.03. The molecule has 120 valence electrons. The smallest absolute Gasteiger partial charge is 0.293 e. The summed E-state index contributed by atoms with van der Waals surface area (Å²) in [7, 11) is 0. The van der Waals surface area contributed by atoms with Gasteiger partial charge in [0, 0.05) is 12.2 Å². The van der Waals surface area contributed by atoms with Crippen molar-refractivity contribution in [2.45, 2.75) is 26.5 Å². The Labute approximate surface area is 126 Å². The fourth-order valence-electron chi connectivity index (χ4n) is 1.93. The highest BCUT2D eigenvalue weighted by molar-refractivity contribution is 5.77. The zero-order valence-corrected chi connectivity index (χ0v) is 12.4. The molecule has 0 saturated heterocycles. The topological polar surface area (TPSA) is 150 Å². The van der Waals surface area contributed by atoms with Crippen LogP contribution < -0.4 is 27.8 Å². The number of carbonyl (C=O) groups excluding carboxylic acids is 1. The third-order valence-corrected chi connectivity index (χ3v) is 3.30. The molecule has 0 fully saturated rings. The van der Waals surface area contributed by atoms with Crippen LogP contribution in [-0.4, -0.2) is 40.6 Å². The van der Waals surface area contributed by atoms with Gasteiger partial charge >= 0.3 is 0 Å². The Morgan fingerprint density at radius 1 is 1.50 bits per heavy atom. The van der Waals surface area contributed by atoms with Gasteiger partial charge in [-0.1, -0.05) is 0 Å². The highest BCUT2D eigenvalue weighted by atomic mass is 16.7. The number of amides is 1. The standard InChI is InChI=1S/C12H19N7O3/c1-6-7(2)19(11(21)10(13)17-6)5-9(20)15-3-8-4-16-12(14)18-22-8/h8H,3-5H2,1-2H3,(H2,13,17)(H,15,20)(H3,14,16,18). The number of aliphatic imine (C=N–C) groups is 1. The van der Waals surface area contributed by atoms with E-state index in [0.717, 1.165) is 0 Å². The van der Waals surface area contributed by atoms with Crippen molar-refractivity contribution in [1.29, 1.82) is 0 Å². The van der Waals surface area contributed by atoms with Gasteiger partial charge in [-0.2, -0.15) is 0 Å². The van der Waals surface area contributed by atoms with Gasteiger partial charge < -0.3 is 16.8 Å². The zero-order valence-electron chi connectivity index (χ0n) is 12.4. The number of hydrogen-bond donors (Lipinski definition) is 4. The molecule has 2 heterocycles. The summed E-state index contributed by atoms with van der Waals surface area (Å²) in [6.45, 7) is 3.89. The van der Waals surface area contributed by atoms with Crippen LogP contribution in [0.4, 0.5) is 5.82 Å². The summed E-state index contributed by atoms with van der Waals surface area (Å²) in [6, 6.07) is 0. The lowest BCUT2D eigenvalue weighted by molar-refractivity contribution is -0.122. The molecule has 0 aliphatic carbocycles. The molecule has 1 atom stereocenters. The molecule has 6 N–H and O–H groups in total. The normalized spacial score (nSPS) is 17.5. The Balaban J connectivity index is 1.97. The number of hydrogen-bond acceptors (Lipinski definition) is 8. The van der Waals surface area contributed by atoms with E-state index in [4.69, 9.17) is 16.3 Å². The fraction of sp³-hybridized carbons (Fsp3) is 0.500. The number of nitrogens with zero attached hydrogens (tertiary/aromatic N) is 3. The molecule has 0 saturated carbocycles. The van der Waals surface area contributed by atoms with Crippen LogP contribution in [0.3, 0.4) is 0 Å². The molecule has 1 aromatic rings. The Morgan fingerprint density at radius 2 is 2.23 bits per heavy atom. The van der Waals surface area contributed by atoms with Crippen molar-refractivity contribution in [3.63, 3.8) is 0 Å². The predicted octanol–water partition coefficient (Wildman–Crippen LogP) is -2.22. The molecule has 0 aromatic carbocycles. The molecular weight excluding hydrogens is 290 g/mol. The number of hydroxylamine groups is 1. The minimum atomic E-state index is -0.480. The van der Waals surface area contributed by atoms with Gasteiger partial charge in [-0.3, -0.25) is 19.0 Å². The van der Waals surface area contributed by atoms with Crippen LogP contribution in [0.15, 0.2) is 9.79 Å². The first-order valence-electron chi connectivity index (χ1n) is 6.70. The third kappa shape index (κ3) is 3.52. The Bertz CT molecular complexity index is 667. The lowest BCUT2D eigenvalue weighted by atomic mass is 10.3. The fourth-order valence-corrected chi connectivity index (χ4v) is 1.93. The third-order valence-electron chi connectivity index (χ3n) is 3.30. The average molecular weight is 309 g/mol. The molecule has 1 amide bonds. The summed E-state index contributed by atoms with van der Waals surface area (Å²) in [6.07, 6.45) is -0.321. The Hall–Kier alpha value is -2.62. The van der Waals surface area contributed by atoms with Gasteiger partial charge in [-0.05, 0) is 13.8 Å². The second-order valence-electron chi connectivity index (χ2n) is 4.93. The van der Waals surface area contributed by atoms with E-state index < -0.39 is 5.56 Å². The first-order chi connectivity index (χ1) is 10.4. The van der Waals surface area contributed by atoms with Crippen molar-refractivity contribution in [3.05, 3.63) is 21.7 Å². The SMILES string of the molecule is Cc1nc(N)c(=O)n(CC(=O)NCC2CN=C(N)NO2)c1C. The molecule has 1 aliphatic rings. The highest BCUT2D eigenvalue weighted by Gasteiger charge is 2.17. The van der Waals surface area contributed by atoms with Crippen molar-refractivity contribution >= 4 is 17.7 Å². The maximum Gasteiger partial charge on any atom is 0.293 e. The van der Waals surface area contributed by atoms with Crippen LogP contribution in [0.25, 0.3) is 0 Å². The molecule has 22 heavy (non-hydrogen) atoms. The second-order valence-corrected chi connectivity index (χ2v) is 4.93. The van der Waals surface area contributed by atoms with Crippen molar-refractivity contribution in [2.75, 3.05) is 18.8 Å². The minimum Gasteiger partial charge on any atom is -0.379 e. The largest absolute Gasteiger partial charge is 0.379 e. The summed E-state index contributed by atoms with van der Waals surface area (Å²) < 4.78 is 1.29. The number of nitrogens with two attached hydrogens (primary N) is 2. The predicted molar refractivity (Wildman–Crippen MR) is 79.9 cm³/mol. The lowest BCUT2D eigenvalue weighted by Gasteiger charge is -2.21. The van der Waals surface area contributed by atoms with E-state index in [1.54, 1.807) is 13.8 Å². The maximum absolute atomic E-state index is 12.0. The monoisotopic (exact) mass is 309 g/mol. The maximum atomic E-state index is 12.0. The molecule has 10 heteroatoms. The van der Waals surface area contributed by atoms with E-state index >= 15 is 0 Å². The number of aromatic nitrogens is 2. The van der Waals surface area contributed by atoms with Gasteiger partial charge in [0.1, 0.15) is 12.6 Å². The van der Waals surface area contributed by atoms with Crippen molar-refractivity contribution in [1.82, 2.24) is 20.3 Å². The van der Waals surface area contributed by atoms with Crippen LogP contribution >= 0.6 is 0 Å². The van der Waals surface area contributed by atoms with Crippen LogP contribution in [0, 0.1) is 13.8 Å². The minimum absolute atomic E-state index is 0.125. The molecular formula is C12H19N7O3. The molecule has 1 unspecified atom stereocenters. The number of carbonyl (C=O) groups is 1. The lowest BCUT2D eigenvalue weighted by Crippen LogP contribution is -2.46. The zero-order chi connectivity index (χ0) is 16.3. The van der Waals surface area contributed by atoms with E-state index in [9.17, 15) is 9.59 Å². The second kappa shape index (κ2) is 6.43. The average Bonchev–Trinajstić information content (AvgIpc) is 2.49. The van der Waals surface area contributed by atoms with Crippen LogP contribution in [0.5, 0.6) is 0 Å². The number of nitrogens with one attached hydrogen (secondary N) is 2. The molecule has 1 aromatic heterocycles. The number of nitrogen functional groups attached to an aromatic ring is 1. The van der Waals surface area contributed by atoms with E-state index in [-0.39, 0.29) is 36.9 Å². The molecule has 0 radical (unpaired) electrons. The molecule has 0 bridgehead atoms. The van der Waals surface area contributed by atoms with Gasteiger partial charge in [0.05, 0.1) is 12.2 Å². The Kier molecular flexibility index (Phi) is 4.61. The molecule has 0 spiro atoms. The number of rotatable bonds is 4. The van der Waals surface area contributed by atoms with Gasteiger partial charge in [-0.15, -0.1) is 0 Å². The summed E-state index contributed by atoms with van der Waals surface area (Å²) in [5.74, 6) is -0.255. The first-order valence-corrected chi connectivity index (χ1v) is 6.70. The summed E-state index contributed by atoms with van der Waals surface area (Å²) >= 11 is 0. The van der Waals surface area contributed by atoms with Crippen molar-refractivity contribution < 1.29 is 9.63 Å². The van der Waals surface area contributed by atoms with E-state index in [0.29, 0.717) is 17.9 Å². The molecule has 10 nitrogen and oxygen atoms in total. The van der Waals surface area contributed by atoms with Crippen LogP contribution in [0.2, 0.25) is 0 Å². The van der Waals surface area contributed by atoms with Gasteiger partial charge in [-0.25, -0.2) is 15.5 Å². The first kappa shape index (κ1) is 15.8. The van der Waals surface area contributed by atoms with Crippen LogP contribution in [-0.2, 0) is 16.2 Å². The number of anilines is 1. The number of aryl methyl sites for hydroxylation is 1. The van der Waals surface area contributed by atoms with E-state index in [1.165, 1.54) is 4.57 Å². The van der Waals surface area contributed by atoms with Gasteiger partial charge in [0.2, 0.25) is 11.9 Å². The van der Waals surface area contributed by atoms with E-state index in [1.807, 2.05) is 0 Å². The summed E-state index contributed by atoms with van der Waals surface area (Å²) in [5, 5.41) is 2.67. The van der Waals surface area contributed by atoms with Crippen molar-refractivity contribution in [3.8, 4) is 0 Å². The Morgan fingerprint density at radius 3 is 2.86 bits per heavy atom. The quantitative estimate of drug-likeness (QED) is 0.492. The molecule has 1 aliphatic heterocycles. The summed E-state index contributed by atoms with van der Waals surface area (Å²) in [5.41, 5.74) is 14.1.